The molecule has 0 bridgehead atoms. The van der Waals surface area contributed by atoms with Crippen molar-refractivity contribution in [3.05, 3.63) is 48.2 Å². The highest BCUT2D eigenvalue weighted by molar-refractivity contribution is 5.43. The largest absolute Gasteiger partial charge is 0.485 e. The van der Waals surface area contributed by atoms with E-state index in [1.165, 1.54) is 0 Å². The van der Waals surface area contributed by atoms with Crippen LogP contribution < -0.4 is 10.5 Å². The van der Waals surface area contributed by atoms with E-state index in [9.17, 15) is 0 Å². The Hall–Kier alpha value is -2.10. The Morgan fingerprint density at radius 3 is 2.67 bits per heavy atom. The van der Waals surface area contributed by atoms with Gasteiger partial charge in [0.05, 0.1) is 6.20 Å². The van der Waals surface area contributed by atoms with Crippen LogP contribution in [0.2, 0.25) is 0 Å². The first-order valence-electron chi connectivity index (χ1n) is 4.60. The van der Waals surface area contributed by atoms with Gasteiger partial charge in [0.15, 0.2) is 11.6 Å². The topological polar surface area (TPSA) is 61.0 Å². The van der Waals surface area contributed by atoms with Crippen molar-refractivity contribution in [2.45, 2.75) is 6.61 Å². The minimum atomic E-state index is 0.313. The summed E-state index contributed by atoms with van der Waals surface area (Å²) >= 11 is 0. The summed E-state index contributed by atoms with van der Waals surface area (Å²) in [5.74, 6) is 0.877. The molecular weight excluding hydrogens is 190 g/mol. The number of nitrogen functional groups attached to an aromatic ring is 1. The molecule has 15 heavy (non-hydrogen) atoms. The number of anilines is 1. The molecule has 0 aliphatic carbocycles. The highest BCUT2D eigenvalue weighted by Crippen LogP contribution is 2.17. The van der Waals surface area contributed by atoms with E-state index in [4.69, 9.17) is 10.5 Å². The van der Waals surface area contributed by atoms with Crippen LogP contribution in [0.4, 0.5) is 5.82 Å². The first-order chi connectivity index (χ1) is 7.36. The van der Waals surface area contributed by atoms with Crippen molar-refractivity contribution in [3.63, 3.8) is 0 Å². The van der Waals surface area contributed by atoms with E-state index < -0.39 is 0 Å². The Morgan fingerprint density at radius 2 is 1.93 bits per heavy atom. The number of hydrogen-bond acceptors (Lipinski definition) is 4. The number of nitrogens with two attached hydrogens (primary N) is 1. The second-order valence-corrected chi connectivity index (χ2v) is 3.05. The number of nitrogens with zero attached hydrogens (tertiary/aromatic N) is 2. The molecule has 76 valence electrons. The first-order valence-corrected chi connectivity index (χ1v) is 4.60. The van der Waals surface area contributed by atoms with Gasteiger partial charge in [-0.05, 0) is 5.56 Å². The van der Waals surface area contributed by atoms with Crippen LogP contribution in [0.1, 0.15) is 5.56 Å². The lowest BCUT2D eigenvalue weighted by Gasteiger charge is -2.06. The molecule has 0 atom stereocenters. The monoisotopic (exact) mass is 201 g/mol. The fourth-order valence-electron chi connectivity index (χ4n) is 1.19. The van der Waals surface area contributed by atoms with E-state index in [0.717, 1.165) is 5.56 Å². The summed E-state index contributed by atoms with van der Waals surface area (Å²) in [6.07, 6.45) is 1.55. The summed E-state index contributed by atoms with van der Waals surface area (Å²) in [4.78, 5) is 0. The molecule has 0 aliphatic rings. The number of rotatable bonds is 3. The molecule has 4 nitrogen and oxygen atoms in total. The molecule has 0 radical (unpaired) electrons. The summed E-state index contributed by atoms with van der Waals surface area (Å²) in [6.45, 7) is 0.483. The Balaban J connectivity index is 2.03. The van der Waals surface area contributed by atoms with Gasteiger partial charge in [-0.15, -0.1) is 5.10 Å². The zero-order valence-electron chi connectivity index (χ0n) is 8.13. The van der Waals surface area contributed by atoms with Crippen LogP contribution in [0.25, 0.3) is 0 Å². The lowest BCUT2D eigenvalue weighted by atomic mass is 10.2. The summed E-state index contributed by atoms with van der Waals surface area (Å²) in [5.41, 5.74) is 6.68. The van der Waals surface area contributed by atoms with E-state index in [1.54, 1.807) is 12.3 Å². The van der Waals surface area contributed by atoms with Gasteiger partial charge < -0.3 is 10.5 Å². The van der Waals surface area contributed by atoms with Gasteiger partial charge in [-0.3, -0.25) is 0 Å². The van der Waals surface area contributed by atoms with Crippen LogP contribution in [0.15, 0.2) is 42.6 Å². The van der Waals surface area contributed by atoms with E-state index in [-0.39, 0.29) is 0 Å². The van der Waals surface area contributed by atoms with Gasteiger partial charge >= 0.3 is 0 Å². The van der Waals surface area contributed by atoms with Gasteiger partial charge in [-0.25, -0.2) is 0 Å². The second-order valence-electron chi connectivity index (χ2n) is 3.05. The summed E-state index contributed by atoms with van der Waals surface area (Å²) in [6, 6.07) is 11.6. The average Bonchev–Trinajstić information content (AvgIpc) is 2.29. The predicted molar refractivity (Wildman–Crippen MR) is 57.2 cm³/mol. The minimum absolute atomic E-state index is 0.313. The SMILES string of the molecule is Nc1nnccc1OCc1ccccc1. The summed E-state index contributed by atoms with van der Waals surface area (Å²) in [7, 11) is 0. The van der Waals surface area contributed by atoms with Crippen molar-refractivity contribution in [3.8, 4) is 5.75 Å². The molecule has 2 rings (SSSR count). The standard InChI is InChI=1S/C11H11N3O/c12-11-10(6-7-13-14-11)15-8-9-4-2-1-3-5-9/h1-7H,8H2,(H2,12,14). The highest BCUT2D eigenvalue weighted by atomic mass is 16.5. The van der Waals surface area contributed by atoms with Crippen LogP contribution in [0, 0.1) is 0 Å². The number of aromatic nitrogens is 2. The molecular formula is C11H11N3O. The molecule has 0 fully saturated rings. The zero-order valence-corrected chi connectivity index (χ0v) is 8.13. The number of hydrogen-bond donors (Lipinski definition) is 1. The fraction of sp³-hybridized carbons (Fsp3) is 0.0909. The molecule has 1 heterocycles. The summed E-state index contributed by atoms with van der Waals surface area (Å²) in [5, 5.41) is 7.34. The predicted octanol–water partition coefficient (Wildman–Crippen LogP) is 1.64. The number of benzene rings is 1. The van der Waals surface area contributed by atoms with Crippen LogP contribution >= 0.6 is 0 Å². The quantitative estimate of drug-likeness (QED) is 0.820. The molecule has 0 saturated carbocycles. The normalized spacial score (nSPS) is 9.87. The van der Waals surface area contributed by atoms with Gasteiger partial charge in [-0.1, -0.05) is 30.3 Å². The van der Waals surface area contributed by atoms with Crippen molar-refractivity contribution >= 4 is 5.82 Å². The molecule has 1 aromatic heterocycles. The van der Waals surface area contributed by atoms with E-state index >= 15 is 0 Å². The highest BCUT2D eigenvalue weighted by Gasteiger charge is 2.00. The van der Waals surface area contributed by atoms with Crippen molar-refractivity contribution in [1.82, 2.24) is 10.2 Å². The van der Waals surface area contributed by atoms with Crippen LogP contribution in [-0.2, 0) is 6.61 Å². The van der Waals surface area contributed by atoms with Crippen molar-refractivity contribution < 1.29 is 4.74 Å². The van der Waals surface area contributed by atoms with Crippen LogP contribution in [0.5, 0.6) is 5.75 Å². The van der Waals surface area contributed by atoms with Crippen molar-refractivity contribution in [2.75, 3.05) is 5.73 Å². The maximum absolute atomic E-state index is 5.59. The Bertz CT molecular complexity index is 431. The maximum atomic E-state index is 5.59. The molecule has 0 aliphatic heterocycles. The Morgan fingerprint density at radius 1 is 1.13 bits per heavy atom. The third-order valence-corrected chi connectivity index (χ3v) is 1.95. The molecule has 0 saturated heterocycles. The van der Waals surface area contributed by atoms with Gasteiger partial charge in [-0.2, -0.15) is 5.10 Å². The van der Waals surface area contributed by atoms with E-state index in [0.29, 0.717) is 18.2 Å². The summed E-state index contributed by atoms with van der Waals surface area (Å²) < 4.78 is 5.50. The minimum Gasteiger partial charge on any atom is -0.485 e. The first kappa shape index (κ1) is 9.45. The smallest absolute Gasteiger partial charge is 0.188 e. The van der Waals surface area contributed by atoms with Gasteiger partial charge in [0.25, 0.3) is 0 Å². The van der Waals surface area contributed by atoms with Gasteiger partial charge in [0.2, 0.25) is 0 Å². The molecule has 4 heteroatoms. The molecule has 0 amide bonds. The lowest BCUT2D eigenvalue weighted by molar-refractivity contribution is 0.306. The van der Waals surface area contributed by atoms with E-state index in [1.807, 2.05) is 30.3 Å². The van der Waals surface area contributed by atoms with Gasteiger partial charge in [0, 0.05) is 6.07 Å². The van der Waals surface area contributed by atoms with E-state index in [2.05, 4.69) is 10.2 Å². The molecule has 0 unspecified atom stereocenters. The number of ether oxygens (including phenoxy) is 1. The average molecular weight is 201 g/mol. The van der Waals surface area contributed by atoms with Gasteiger partial charge in [0.1, 0.15) is 6.61 Å². The fourth-order valence-corrected chi connectivity index (χ4v) is 1.19. The zero-order chi connectivity index (χ0) is 10.5. The van der Waals surface area contributed by atoms with Crippen molar-refractivity contribution in [1.29, 1.82) is 0 Å². The Labute approximate surface area is 87.7 Å². The third-order valence-electron chi connectivity index (χ3n) is 1.95. The lowest BCUT2D eigenvalue weighted by Crippen LogP contribution is -2.00. The van der Waals surface area contributed by atoms with Crippen LogP contribution in [-0.4, -0.2) is 10.2 Å². The third kappa shape index (κ3) is 2.43. The molecule has 2 aromatic rings. The molecule has 2 N–H and O–H groups in total. The molecule has 0 spiro atoms. The van der Waals surface area contributed by atoms with Crippen molar-refractivity contribution in [2.24, 2.45) is 0 Å². The Kier molecular flexibility index (Phi) is 2.78. The maximum Gasteiger partial charge on any atom is 0.188 e. The second kappa shape index (κ2) is 4.41. The molecule has 1 aromatic carbocycles. The van der Waals surface area contributed by atoms with Crippen LogP contribution in [0.3, 0.4) is 0 Å².